The van der Waals surface area contributed by atoms with Gasteiger partial charge in [0.05, 0.1) is 7.11 Å². The molecular formula is C15H24O3. The number of aliphatic hydroxyl groups is 2. The second-order valence-electron chi connectivity index (χ2n) is 5.25. The number of ether oxygens (including phenoxy) is 1. The Bertz CT molecular complexity index is 326. The molecule has 0 unspecified atom stereocenters. The molecule has 0 heterocycles. The van der Waals surface area contributed by atoms with Gasteiger partial charge in [0, 0.05) is 0 Å². The Balaban J connectivity index is 0.000000280. The van der Waals surface area contributed by atoms with Gasteiger partial charge in [-0.15, -0.1) is 0 Å². The highest BCUT2D eigenvalue weighted by Crippen LogP contribution is 2.34. The summed E-state index contributed by atoms with van der Waals surface area (Å²) in [7, 11) is 1.71. The van der Waals surface area contributed by atoms with Crippen LogP contribution in [0, 0.1) is 0 Å². The Morgan fingerprint density at radius 3 is 1.89 bits per heavy atom. The molecule has 0 atom stereocenters. The van der Waals surface area contributed by atoms with E-state index in [1.807, 2.05) is 0 Å². The first-order valence-electron chi connectivity index (χ1n) is 6.49. The monoisotopic (exact) mass is 252 g/mol. The molecule has 0 bridgehead atoms. The highest BCUT2D eigenvalue weighted by atomic mass is 16.5. The molecule has 0 aromatic heterocycles. The summed E-state index contributed by atoms with van der Waals surface area (Å²) in [4.78, 5) is 0. The molecular weight excluding hydrogens is 228 g/mol. The maximum atomic E-state index is 8.08. The van der Waals surface area contributed by atoms with Crippen LogP contribution in [-0.2, 0) is 0 Å². The van der Waals surface area contributed by atoms with Crippen LogP contribution in [0.2, 0.25) is 0 Å². The van der Waals surface area contributed by atoms with Crippen molar-refractivity contribution in [2.75, 3.05) is 7.11 Å². The zero-order valence-corrected chi connectivity index (χ0v) is 11.5. The third kappa shape index (κ3) is 6.03. The van der Waals surface area contributed by atoms with E-state index in [9.17, 15) is 0 Å². The summed E-state index contributed by atoms with van der Waals surface area (Å²) in [6.07, 6.45) is 5.53. The van der Waals surface area contributed by atoms with E-state index in [4.69, 9.17) is 14.9 Å². The summed E-state index contributed by atoms with van der Waals surface area (Å²) >= 11 is 0. The summed E-state index contributed by atoms with van der Waals surface area (Å²) in [6, 6.07) is 8.53. The minimum atomic E-state index is -1.50. The average molecular weight is 252 g/mol. The maximum Gasteiger partial charge on any atom is 0.156 e. The second-order valence-corrected chi connectivity index (χ2v) is 5.25. The van der Waals surface area contributed by atoms with E-state index in [0.29, 0.717) is 0 Å². The number of benzene rings is 1. The van der Waals surface area contributed by atoms with Crippen LogP contribution in [0.5, 0.6) is 5.75 Å². The highest BCUT2D eigenvalue weighted by Gasteiger charge is 2.16. The molecule has 102 valence electrons. The minimum absolute atomic E-state index is 0.811. The van der Waals surface area contributed by atoms with E-state index < -0.39 is 5.79 Å². The van der Waals surface area contributed by atoms with Gasteiger partial charge in [-0.25, -0.2) is 0 Å². The second kappa shape index (κ2) is 6.76. The van der Waals surface area contributed by atoms with Crippen molar-refractivity contribution in [1.29, 1.82) is 0 Å². The maximum absolute atomic E-state index is 8.08. The smallest absolute Gasteiger partial charge is 0.156 e. The standard InChI is InChI=1S/C12H16O.C3H8O2/c1-13-12-8-6-11(7-9-12)10-4-2-3-5-10;1-3(2,4)5/h6-10H,2-5H2,1H3;4-5H,1-2H3. The van der Waals surface area contributed by atoms with Gasteiger partial charge in [0.15, 0.2) is 5.79 Å². The lowest BCUT2D eigenvalue weighted by molar-refractivity contribution is -0.127. The normalized spacial score (nSPS) is 16.1. The van der Waals surface area contributed by atoms with Crippen molar-refractivity contribution in [1.82, 2.24) is 0 Å². The predicted octanol–water partition coefficient (Wildman–Crippen LogP) is 3.06. The fourth-order valence-corrected chi connectivity index (χ4v) is 2.14. The number of rotatable bonds is 2. The molecule has 1 aliphatic carbocycles. The van der Waals surface area contributed by atoms with Gasteiger partial charge in [0.25, 0.3) is 0 Å². The third-order valence-electron chi connectivity index (χ3n) is 2.94. The van der Waals surface area contributed by atoms with Gasteiger partial charge < -0.3 is 14.9 Å². The lowest BCUT2D eigenvalue weighted by Gasteiger charge is -2.09. The van der Waals surface area contributed by atoms with E-state index in [2.05, 4.69) is 24.3 Å². The number of hydrogen-bond donors (Lipinski definition) is 2. The van der Waals surface area contributed by atoms with Crippen LogP contribution in [0.3, 0.4) is 0 Å². The SMILES string of the molecule is CC(C)(O)O.COc1ccc(C2CCCC2)cc1. The van der Waals surface area contributed by atoms with E-state index >= 15 is 0 Å². The number of hydrogen-bond acceptors (Lipinski definition) is 3. The molecule has 1 aromatic rings. The fraction of sp³-hybridized carbons (Fsp3) is 0.600. The lowest BCUT2D eigenvalue weighted by Crippen LogP contribution is -2.15. The molecule has 2 rings (SSSR count). The summed E-state index contributed by atoms with van der Waals surface area (Å²) in [6.45, 7) is 2.60. The quantitative estimate of drug-likeness (QED) is 0.795. The van der Waals surface area contributed by atoms with Crippen molar-refractivity contribution in [3.8, 4) is 5.75 Å². The Morgan fingerprint density at radius 1 is 1.06 bits per heavy atom. The van der Waals surface area contributed by atoms with Crippen LogP contribution in [0.25, 0.3) is 0 Å². The fourth-order valence-electron chi connectivity index (χ4n) is 2.14. The van der Waals surface area contributed by atoms with Crippen molar-refractivity contribution in [3.05, 3.63) is 29.8 Å². The van der Waals surface area contributed by atoms with Crippen LogP contribution in [0.4, 0.5) is 0 Å². The molecule has 0 spiro atoms. The van der Waals surface area contributed by atoms with Crippen LogP contribution in [0.15, 0.2) is 24.3 Å². The number of methoxy groups -OCH3 is 1. The van der Waals surface area contributed by atoms with Gasteiger partial charge in [-0.3, -0.25) is 0 Å². The van der Waals surface area contributed by atoms with Gasteiger partial charge >= 0.3 is 0 Å². The molecule has 0 amide bonds. The molecule has 3 heteroatoms. The van der Waals surface area contributed by atoms with Gasteiger partial charge in [-0.05, 0) is 50.3 Å². The van der Waals surface area contributed by atoms with Crippen LogP contribution in [-0.4, -0.2) is 23.1 Å². The lowest BCUT2D eigenvalue weighted by atomic mass is 9.98. The van der Waals surface area contributed by atoms with E-state index in [-0.39, 0.29) is 0 Å². The van der Waals surface area contributed by atoms with Crippen molar-refractivity contribution < 1.29 is 14.9 Å². The van der Waals surface area contributed by atoms with E-state index in [1.54, 1.807) is 7.11 Å². The molecule has 0 saturated heterocycles. The molecule has 0 radical (unpaired) electrons. The Labute approximate surface area is 109 Å². The average Bonchev–Trinajstić information content (AvgIpc) is 2.80. The minimum Gasteiger partial charge on any atom is -0.497 e. The predicted molar refractivity (Wildman–Crippen MR) is 72.7 cm³/mol. The van der Waals surface area contributed by atoms with Crippen molar-refractivity contribution >= 4 is 0 Å². The summed E-state index contributed by atoms with van der Waals surface area (Å²) in [5.41, 5.74) is 1.48. The van der Waals surface area contributed by atoms with Gasteiger partial charge in [0.2, 0.25) is 0 Å². The van der Waals surface area contributed by atoms with E-state index in [1.165, 1.54) is 45.1 Å². The first-order chi connectivity index (χ1) is 8.40. The molecule has 2 N–H and O–H groups in total. The molecule has 1 aliphatic rings. The van der Waals surface area contributed by atoms with Crippen molar-refractivity contribution in [3.63, 3.8) is 0 Å². The van der Waals surface area contributed by atoms with Crippen molar-refractivity contribution in [2.45, 2.75) is 51.2 Å². The third-order valence-corrected chi connectivity index (χ3v) is 2.94. The van der Waals surface area contributed by atoms with Crippen LogP contribution >= 0.6 is 0 Å². The summed E-state index contributed by atoms with van der Waals surface area (Å²) < 4.78 is 5.13. The van der Waals surface area contributed by atoms with Crippen LogP contribution in [0.1, 0.15) is 51.0 Å². The molecule has 1 fully saturated rings. The van der Waals surface area contributed by atoms with E-state index in [0.717, 1.165) is 11.7 Å². The Morgan fingerprint density at radius 2 is 1.50 bits per heavy atom. The van der Waals surface area contributed by atoms with Crippen molar-refractivity contribution in [2.24, 2.45) is 0 Å². The zero-order valence-electron chi connectivity index (χ0n) is 11.5. The molecule has 1 saturated carbocycles. The largest absolute Gasteiger partial charge is 0.497 e. The first-order valence-corrected chi connectivity index (χ1v) is 6.49. The summed E-state index contributed by atoms with van der Waals surface area (Å²) in [5.74, 6) is 0.271. The molecule has 1 aromatic carbocycles. The zero-order chi connectivity index (χ0) is 13.6. The van der Waals surface area contributed by atoms with Gasteiger partial charge in [-0.2, -0.15) is 0 Å². The first kappa shape index (κ1) is 15.0. The molecule has 0 aliphatic heterocycles. The molecule has 3 nitrogen and oxygen atoms in total. The summed E-state index contributed by atoms with van der Waals surface area (Å²) in [5, 5.41) is 16.2. The Kier molecular flexibility index (Phi) is 5.63. The Hall–Kier alpha value is -1.06. The molecule has 18 heavy (non-hydrogen) atoms. The highest BCUT2D eigenvalue weighted by molar-refractivity contribution is 5.29. The van der Waals surface area contributed by atoms with Crippen LogP contribution < -0.4 is 4.74 Å². The van der Waals surface area contributed by atoms with Gasteiger partial charge in [0.1, 0.15) is 5.75 Å². The topological polar surface area (TPSA) is 49.7 Å². The van der Waals surface area contributed by atoms with Gasteiger partial charge in [-0.1, -0.05) is 25.0 Å².